The van der Waals surface area contributed by atoms with E-state index in [1.165, 1.54) is 6.92 Å². The van der Waals surface area contributed by atoms with E-state index >= 15 is 0 Å². The van der Waals surface area contributed by atoms with Crippen molar-refractivity contribution in [2.75, 3.05) is 0 Å². The van der Waals surface area contributed by atoms with Crippen LogP contribution in [0.4, 0.5) is 0 Å². The van der Waals surface area contributed by atoms with E-state index in [1.54, 1.807) is 0 Å². The highest BCUT2D eigenvalue weighted by atomic mass is 16.4. The lowest BCUT2D eigenvalue weighted by Crippen LogP contribution is -2.75. The van der Waals surface area contributed by atoms with Gasteiger partial charge in [0.15, 0.2) is 5.54 Å². The molecule has 0 amide bonds. The summed E-state index contributed by atoms with van der Waals surface area (Å²) in [4.78, 5) is 20.4. The molecule has 0 spiro atoms. The van der Waals surface area contributed by atoms with Crippen molar-refractivity contribution in [2.24, 2.45) is 0 Å². The number of hydrogen-bond donors (Lipinski definition) is 3. The lowest BCUT2D eigenvalue weighted by molar-refractivity contribution is -0.457. The standard InChI is InChI=1S/C6H11NO4/c1-6(7,5(10)11)3-2-4(8)9/h2-3,7H2,1H3,(H,8,9)(H,10,11)/p+1. The van der Waals surface area contributed by atoms with Crippen molar-refractivity contribution in [1.82, 2.24) is 0 Å². The van der Waals surface area contributed by atoms with Crippen LogP contribution in [0.5, 0.6) is 0 Å². The second kappa shape index (κ2) is 3.34. The predicted molar refractivity (Wildman–Crippen MR) is 35.8 cm³/mol. The van der Waals surface area contributed by atoms with Gasteiger partial charge in [0.1, 0.15) is 0 Å². The molecule has 5 nitrogen and oxygen atoms in total. The summed E-state index contributed by atoms with van der Waals surface area (Å²) in [6, 6.07) is 0. The molecule has 0 aromatic rings. The molecule has 0 aliphatic rings. The Hall–Kier alpha value is -1.10. The summed E-state index contributed by atoms with van der Waals surface area (Å²) in [6.45, 7) is 1.40. The molecule has 0 saturated heterocycles. The maximum Gasteiger partial charge on any atom is 0.365 e. The zero-order valence-corrected chi connectivity index (χ0v) is 6.33. The van der Waals surface area contributed by atoms with Gasteiger partial charge >= 0.3 is 11.9 Å². The van der Waals surface area contributed by atoms with E-state index in [0.29, 0.717) is 0 Å². The molecule has 0 heterocycles. The van der Waals surface area contributed by atoms with E-state index < -0.39 is 17.5 Å². The summed E-state index contributed by atoms with van der Waals surface area (Å²) in [6.07, 6.45) is -0.107. The Labute approximate surface area is 63.8 Å². The molecule has 0 saturated carbocycles. The van der Waals surface area contributed by atoms with Crippen LogP contribution in [0.2, 0.25) is 0 Å². The fraction of sp³-hybridized carbons (Fsp3) is 0.667. The monoisotopic (exact) mass is 162 g/mol. The van der Waals surface area contributed by atoms with E-state index in [0.717, 1.165) is 0 Å². The molecular weight excluding hydrogens is 150 g/mol. The van der Waals surface area contributed by atoms with E-state index in [2.05, 4.69) is 5.73 Å². The van der Waals surface area contributed by atoms with Crippen molar-refractivity contribution in [3.05, 3.63) is 0 Å². The molecule has 0 aliphatic carbocycles. The SMILES string of the molecule is CC([NH3+])(CCC(=O)O)C(=O)O. The number of carboxylic acid groups (broad SMARTS) is 2. The van der Waals surface area contributed by atoms with E-state index in [9.17, 15) is 9.59 Å². The van der Waals surface area contributed by atoms with Gasteiger partial charge in [-0.3, -0.25) is 4.79 Å². The van der Waals surface area contributed by atoms with Crippen LogP contribution in [0.3, 0.4) is 0 Å². The van der Waals surface area contributed by atoms with Gasteiger partial charge in [0, 0.05) is 13.3 Å². The van der Waals surface area contributed by atoms with Gasteiger partial charge in [0.05, 0.1) is 6.42 Å². The van der Waals surface area contributed by atoms with Gasteiger partial charge in [-0.25, -0.2) is 4.79 Å². The van der Waals surface area contributed by atoms with Crippen molar-refractivity contribution >= 4 is 11.9 Å². The topological polar surface area (TPSA) is 102 Å². The Morgan fingerprint density at radius 2 is 1.91 bits per heavy atom. The van der Waals surface area contributed by atoms with Gasteiger partial charge in [-0.1, -0.05) is 0 Å². The van der Waals surface area contributed by atoms with E-state index in [1.807, 2.05) is 0 Å². The molecular formula is C6H12NO4+. The summed E-state index contributed by atoms with van der Waals surface area (Å²) in [7, 11) is 0. The maximum atomic E-state index is 10.4. The highest BCUT2D eigenvalue weighted by molar-refractivity contribution is 5.77. The number of hydrogen-bond acceptors (Lipinski definition) is 2. The zero-order chi connectivity index (χ0) is 9.07. The van der Waals surface area contributed by atoms with E-state index in [-0.39, 0.29) is 12.8 Å². The molecule has 5 heteroatoms. The average molecular weight is 162 g/mol. The fourth-order valence-corrected chi connectivity index (χ4v) is 0.490. The first-order valence-corrected chi connectivity index (χ1v) is 3.17. The van der Waals surface area contributed by atoms with Crippen LogP contribution in [0.15, 0.2) is 0 Å². The fourth-order valence-electron chi connectivity index (χ4n) is 0.490. The van der Waals surface area contributed by atoms with Gasteiger partial charge in [-0.15, -0.1) is 0 Å². The minimum absolute atomic E-state index is 0.0532. The molecule has 0 aromatic carbocycles. The summed E-state index contributed by atoms with van der Waals surface area (Å²) >= 11 is 0. The summed E-state index contributed by atoms with van der Waals surface area (Å²) < 4.78 is 0. The summed E-state index contributed by atoms with van der Waals surface area (Å²) in [5, 5.41) is 16.7. The quantitative estimate of drug-likeness (QED) is 0.490. The highest BCUT2D eigenvalue weighted by Crippen LogP contribution is 2.05. The lowest BCUT2D eigenvalue weighted by Gasteiger charge is -2.12. The van der Waals surface area contributed by atoms with Crippen molar-refractivity contribution in [3.8, 4) is 0 Å². The van der Waals surface area contributed by atoms with Gasteiger partial charge in [-0.2, -0.15) is 0 Å². The van der Waals surface area contributed by atoms with Crippen molar-refractivity contribution in [3.63, 3.8) is 0 Å². The van der Waals surface area contributed by atoms with Crippen molar-refractivity contribution < 1.29 is 25.5 Å². The molecule has 0 aromatic heterocycles. The molecule has 5 N–H and O–H groups in total. The number of rotatable bonds is 4. The first-order valence-electron chi connectivity index (χ1n) is 3.17. The molecule has 0 fully saturated rings. The molecule has 1 unspecified atom stereocenters. The van der Waals surface area contributed by atoms with Gasteiger partial charge in [-0.05, 0) is 0 Å². The van der Waals surface area contributed by atoms with Crippen LogP contribution < -0.4 is 5.73 Å². The third-order valence-corrected chi connectivity index (χ3v) is 1.41. The second-order valence-corrected chi connectivity index (χ2v) is 2.76. The number of aliphatic carboxylic acids is 2. The van der Waals surface area contributed by atoms with Gasteiger partial charge in [0.25, 0.3) is 0 Å². The Kier molecular flexibility index (Phi) is 3.00. The zero-order valence-electron chi connectivity index (χ0n) is 6.33. The Balaban J connectivity index is 3.92. The number of carbonyl (C=O) groups is 2. The van der Waals surface area contributed by atoms with Crippen molar-refractivity contribution in [2.45, 2.75) is 25.3 Å². The van der Waals surface area contributed by atoms with Crippen LogP contribution in [0, 0.1) is 0 Å². The first kappa shape index (κ1) is 9.90. The third kappa shape index (κ3) is 3.57. The number of quaternary nitrogens is 1. The van der Waals surface area contributed by atoms with Crippen LogP contribution in [0.1, 0.15) is 19.8 Å². The number of carboxylic acids is 2. The largest absolute Gasteiger partial charge is 0.481 e. The predicted octanol–water partition coefficient (Wildman–Crippen LogP) is -1.06. The lowest BCUT2D eigenvalue weighted by atomic mass is 9.98. The summed E-state index contributed by atoms with van der Waals surface area (Å²) in [5.41, 5.74) is 2.20. The molecule has 0 rings (SSSR count). The smallest absolute Gasteiger partial charge is 0.365 e. The highest BCUT2D eigenvalue weighted by Gasteiger charge is 2.32. The summed E-state index contributed by atoms with van der Waals surface area (Å²) in [5.74, 6) is -2.07. The van der Waals surface area contributed by atoms with Crippen LogP contribution in [-0.4, -0.2) is 27.7 Å². The molecule has 64 valence electrons. The molecule has 0 bridgehead atoms. The van der Waals surface area contributed by atoms with Crippen LogP contribution in [-0.2, 0) is 9.59 Å². The molecule has 1 atom stereocenters. The van der Waals surface area contributed by atoms with Gasteiger partial charge in [0.2, 0.25) is 0 Å². The second-order valence-electron chi connectivity index (χ2n) is 2.76. The Morgan fingerprint density at radius 1 is 1.45 bits per heavy atom. The first-order chi connectivity index (χ1) is 4.86. The Bertz CT molecular complexity index is 175. The molecule has 11 heavy (non-hydrogen) atoms. The normalized spacial score (nSPS) is 15.5. The Morgan fingerprint density at radius 3 is 2.18 bits per heavy atom. The van der Waals surface area contributed by atoms with Crippen molar-refractivity contribution in [1.29, 1.82) is 0 Å². The van der Waals surface area contributed by atoms with Gasteiger partial charge < -0.3 is 15.9 Å². The van der Waals surface area contributed by atoms with Crippen LogP contribution in [0.25, 0.3) is 0 Å². The molecule has 0 aliphatic heterocycles. The minimum Gasteiger partial charge on any atom is -0.481 e. The van der Waals surface area contributed by atoms with Crippen LogP contribution >= 0.6 is 0 Å². The maximum absolute atomic E-state index is 10.4. The van der Waals surface area contributed by atoms with E-state index in [4.69, 9.17) is 10.2 Å². The third-order valence-electron chi connectivity index (χ3n) is 1.41. The molecule has 0 radical (unpaired) electrons. The average Bonchev–Trinajstić information content (AvgIpc) is 1.84. The minimum atomic E-state index is -1.18.